The van der Waals surface area contributed by atoms with E-state index in [4.69, 9.17) is 0 Å². The number of hydrogen-bond donors (Lipinski definition) is 2. The molecule has 1 aromatic rings. The highest BCUT2D eigenvalue weighted by Crippen LogP contribution is 2.55. The van der Waals surface area contributed by atoms with Gasteiger partial charge < -0.3 is 10.2 Å². The maximum absolute atomic E-state index is 12.6. The molecule has 0 spiro atoms. The first-order valence-electron chi connectivity index (χ1n) is 9.36. The van der Waals surface area contributed by atoms with E-state index in [1.807, 2.05) is 0 Å². The lowest BCUT2D eigenvalue weighted by atomic mass is 9.53. The number of carbonyl (C=O) groups excluding carboxylic acids is 1. The maximum Gasteiger partial charge on any atom is 0.275 e. The summed E-state index contributed by atoms with van der Waals surface area (Å²) >= 11 is 3.47. The smallest absolute Gasteiger partial charge is 0.275 e. The van der Waals surface area contributed by atoms with E-state index in [0.717, 1.165) is 28.8 Å². The third kappa shape index (κ3) is 3.55. The molecule has 4 fully saturated rings. The van der Waals surface area contributed by atoms with Gasteiger partial charge >= 0.3 is 0 Å². The lowest BCUT2D eigenvalue weighted by Crippen LogP contribution is -3.09. The van der Waals surface area contributed by atoms with Gasteiger partial charge in [-0.05, 0) is 68.4 Å². The average Bonchev–Trinajstić information content (AvgIpc) is 2.47. The molecule has 4 heteroatoms. The molecule has 0 saturated heterocycles. The molecule has 0 radical (unpaired) electrons. The highest BCUT2D eigenvalue weighted by Gasteiger charge is 2.51. The molecule has 1 atom stereocenters. The number of quaternary nitrogens is 1. The third-order valence-electron chi connectivity index (χ3n) is 6.32. The molecule has 0 heterocycles. The molecule has 130 valence electrons. The van der Waals surface area contributed by atoms with Crippen molar-refractivity contribution in [3.05, 3.63) is 34.3 Å². The van der Waals surface area contributed by atoms with Crippen LogP contribution in [0.2, 0.25) is 0 Å². The maximum atomic E-state index is 12.6. The van der Waals surface area contributed by atoms with Crippen LogP contribution in [0.15, 0.2) is 28.7 Å². The summed E-state index contributed by atoms with van der Waals surface area (Å²) in [6, 6.07) is 8.39. The van der Waals surface area contributed by atoms with Crippen LogP contribution in [-0.2, 0) is 11.3 Å². The topological polar surface area (TPSA) is 33.5 Å². The van der Waals surface area contributed by atoms with Crippen molar-refractivity contribution < 1.29 is 9.69 Å². The minimum atomic E-state index is 0.143. The molecule has 4 aliphatic rings. The predicted octanol–water partition coefficient (Wildman–Crippen LogP) is 2.55. The number of nitrogens with one attached hydrogen (secondary N) is 2. The second-order valence-corrected chi connectivity index (χ2v) is 9.60. The van der Waals surface area contributed by atoms with Crippen LogP contribution in [0.4, 0.5) is 0 Å². The van der Waals surface area contributed by atoms with E-state index in [0.29, 0.717) is 6.54 Å². The monoisotopic (exact) mass is 391 g/mol. The van der Waals surface area contributed by atoms with Crippen molar-refractivity contribution >= 4 is 21.8 Å². The van der Waals surface area contributed by atoms with Crippen LogP contribution in [0, 0.1) is 17.8 Å². The fraction of sp³-hybridized carbons (Fsp3) is 0.650. The van der Waals surface area contributed by atoms with E-state index in [-0.39, 0.29) is 11.4 Å². The van der Waals surface area contributed by atoms with Gasteiger partial charge in [-0.2, -0.15) is 0 Å². The molecule has 24 heavy (non-hydrogen) atoms. The van der Waals surface area contributed by atoms with E-state index in [9.17, 15) is 4.79 Å². The van der Waals surface area contributed by atoms with Gasteiger partial charge in [-0.1, -0.05) is 28.1 Å². The summed E-state index contributed by atoms with van der Waals surface area (Å²) in [6.45, 7) is 1.46. The van der Waals surface area contributed by atoms with Crippen LogP contribution in [-0.4, -0.2) is 25.0 Å². The highest BCUT2D eigenvalue weighted by atomic mass is 79.9. The minimum Gasteiger partial charge on any atom is -0.346 e. The first kappa shape index (κ1) is 16.6. The van der Waals surface area contributed by atoms with Crippen LogP contribution in [0.5, 0.6) is 0 Å². The van der Waals surface area contributed by atoms with Crippen molar-refractivity contribution in [3.8, 4) is 0 Å². The Labute approximate surface area is 153 Å². The number of amides is 1. The Bertz CT molecular complexity index is 577. The Morgan fingerprint density at radius 3 is 2.21 bits per heavy atom. The zero-order valence-electron chi connectivity index (χ0n) is 14.5. The number of carbonyl (C=O) groups is 1. The number of benzene rings is 1. The molecule has 4 bridgehead atoms. The quantitative estimate of drug-likeness (QED) is 0.794. The number of likely N-dealkylation sites (N-methyl/N-ethyl adjacent to an activating group) is 1. The van der Waals surface area contributed by atoms with Crippen molar-refractivity contribution in [1.82, 2.24) is 5.32 Å². The Morgan fingerprint density at radius 2 is 1.67 bits per heavy atom. The van der Waals surface area contributed by atoms with E-state index < -0.39 is 0 Å². The molecule has 4 aliphatic carbocycles. The van der Waals surface area contributed by atoms with Gasteiger partial charge in [0.1, 0.15) is 6.54 Å². The lowest BCUT2D eigenvalue weighted by molar-refractivity contribution is -0.885. The van der Waals surface area contributed by atoms with E-state index in [1.54, 1.807) is 0 Å². The molecule has 0 aliphatic heterocycles. The summed E-state index contributed by atoms with van der Waals surface area (Å²) in [4.78, 5) is 13.9. The van der Waals surface area contributed by atoms with E-state index in [2.05, 4.69) is 52.6 Å². The van der Waals surface area contributed by atoms with Crippen LogP contribution >= 0.6 is 15.9 Å². The van der Waals surface area contributed by atoms with E-state index in [1.165, 1.54) is 49.0 Å². The van der Waals surface area contributed by atoms with Crippen molar-refractivity contribution in [3.63, 3.8) is 0 Å². The van der Waals surface area contributed by atoms with Gasteiger partial charge in [0.2, 0.25) is 0 Å². The number of hydrogen-bond acceptors (Lipinski definition) is 1. The standard InChI is InChI=1S/C20H27BrN2O/c1-23(12-14-2-4-18(21)5-3-14)13-19(24)22-20-9-15-6-16(10-20)8-17(7-15)11-20/h2-5,15-17H,6-13H2,1H3,(H,22,24)/p+1. The Balaban J connectivity index is 1.32. The molecule has 5 rings (SSSR count). The average molecular weight is 392 g/mol. The molecule has 3 nitrogen and oxygen atoms in total. The molecule has 1 unspecified atom stereocenters. The van der Waals surface area contributed by atoms with Crippen LogP contribution < -0.4 is 10.2 Å². The first-order chi connectivity index (χ1) is 11.5. The summed E-state index contributed by atoms with van der Waals surface area (Å²) in [6.07, 6.45) is 7.96. The summed E-state index contributed by atoms with van der Waals surface area (Å²) in [5.41, 5.74) is 1.42. The van der Waals surface area contributed by atoms with Gasteiger partial charge in [0.25, 0.3) is 5.91 Å². The molecule has 2 N–H and O–H groups in total. The van der Waals surface area contributed by atoms with Crippen LogP contribution in [0.1, 0.15) is 44.1 Å². The summed E-state index contributed by atoms with van der Waals surface area (Å²) in [5, 5.41) is 3.48. The largest absolute Gasteiger partial charge is 0.346 e. The zero-order chi connectivity index (χ0) is 16.7. The van der Waals surface area contributed by atoms with Crippen LogP contribution in [0.25, 0.3) is 0 Å². The lowest BCUT2D eigenvalue weighted by Gasteiger charge is -2.56. The zero-order valence-corrected chi connectivity index (χ0v) is 16.1. The summed E-state index contributed by atoms with van der Waals surface area (Å²) in [5.74, 6) is 2.88. The third-order valence-corrected chi connectivity index (χ3v) is 6.85. The fourth-order valence-electron chi connectivity index (χ4n) is 5.89. The van der Waals surface area contributed by atoms with Gasteiger partial charge in [-0.25, -0.2) is 0 Å². The van der Waals surface area contributed by atoms with Gasteiger partial charge in [0.15, 0.2) is 6.54 Å². The van der Waals surface area contributed by atoms with Gasteiger partial charge in [-0.3, -0.25) is 4.79 Å². The Hall–Kier alpha value is -0.870. The summed E-state index contributed by atoms with van der Waals surface area (Å²) < 4.78 is 1.10. The Kier molecular flexibility index (Phi) is 4.46. The second kappa shape index (κ2) is 6.45. The SMILES string of the molecule is C[NH+](CC(=O)NC12CC3CC(CC(C3)C1)C2)Cc1ccc(Br)cc1. The normalized spacial score (nSPS) is 35.0. The summed E-state index contributed by atoms with van der Waals surface area (Å²) in [7, 11) is 2.11. The molecular weight excluding hydrogens is 364 g/mol. The van der Waals surface area contributed by atoms with Gasteiger partial charge in [0, 0.05) is 15.6 Å². The highest BCUT2D eigenvalue weighted by molar-refractivity contribution is 9.10. The fourth-order valence-corrected chi connectivity index (χ4v) is 6.16. The van der Waals surface area contributed by atoms with Gasteiger partial charge in [0.05, 0.1) is 7.05 Å². The molecule has 1 aromatic carbocycles. The van der Waals surface area contributed by atoms with Crippen molar-refractivity contribution in [1.29, 1.82) is 0 Å². The number of rotatable bonds is 5. The Morgan fingerprint density at radius 1 is 1.12 bits per heavy atom. The first-order valence-corrected chi connectivity index (χ1v) is 10.2. The predicted molar refractivity (Wildman–Crippen MR) is 98.6 cm³/mol. The molecule has 1 amide bonds. The van der Waals surface area contributed by atoms with Gasteiger partial charge in [-0.15, -0.1) is 0 Å². The van der Waals surface area contributed by atoms with E-state index >= 15 is 0 Å². The number of halogens is 1. The van der Waals surface area contributed by atoms with Crippen molar-refractivity contribution in [2.75, 3.05) is 13.6 Å². The van der Waals surface area contributed by atoms with Crippen molar-refractivity contribution in [2.45, 2.75) is 50.6 Å². The molecular formula is C20H28BrN2O+. The molecule has 4 saturated carbocycles. The van der Waals surface area contributed by atoms with Crippen molar-refractivity contribution in [2.24, 2.45) is 17.8 Å². The minimum absolute atomic E-state index is 0.143. The second-order valence-electron chi connectivity index (χ2n) is 8.68. The van der Waals surface area contributed by atoms with Crippen LogP contribution in [0.3, 0.4) is 0 Å². The molecule has 0 aromatic heterocycles.